The molecule has 1 aliphatic carbocycles. The molecule has 2 fully saturated rings. The fraction of sp³-hybridized carbons (Fsp3) is 0.667. The zero-order chi connectivity index (χ0) is 16.8. The molecule has 1 saturated carbocycles. The van der Waals surface area contributed by atoms with Gasteiger partial charge in [-0.05, 0) is 68.5 Å². The Hall–Kier alpha value is -1.35. The molecule has 1 heterocycles. The van der Waals surface area contributed by atoms with Gasteiger partial charge in [0, 0.05) is 12.5 Å². The van der Waals surface area contributed by atoms with Gasteiger partial charge in [0.15, 0.2) is 0 Å². The standard InChI is InChI=1S/C21H32N2O/c1-16(19-10-6-12-22-15-19)13-21(24)23-20-11-5-9-18(20)14-17-7-3-2-4-8-17/h2-4,7-8,16,18-20,22H,5-6,9-15H2,1H3,(H,23,24). The van der Waals surface area contributed by atoms with Crippen LogP contribution >= 0.6 is 0 Å². The number of hydrogen-bond donors (Lipinski definition) is 2. The number of piperidine rings is 1. The SMILES string of the molecule is CC(CC(=O)NC1CCCC1Cc1ccccc1)C1CCCNC1. The largest absolute Gasteiger partial charge is 0.353 e. The molecule has 0 radical (unpaired) electrons. The molecule has 1 aromatic carbocycles. The van der Waals surface area contributed by atoms with Crippen LogP contribution in [0, 0.1) is 17.8 Å². The quantitative estimate of drug-likeness (QED) is 0.838. The van der Waals surface area contributed by atoms with Crippen molar-refractivity contribution in [3.05, 3.63) is 35.9 Å². The van der Waals surface area contributed by atoms with E-state index in [4.69, 9.17) is 0 Å². The van der Waals surface area contributed by atoms with Crippen molar-refractivity contribution in [2.24, 2.45) is 17.8 Å². The van der Waals surface area contributed by atoms with Gasteiger partial charge in [-0.15, -0.1) is 0 Å². The molecule has 1 saturated heterocycles. The van der Waals surface area contributed by atoms with E-state index in [1.165, 1.54) is 31.2 Å². The van der Waals surface area contributed by atoms with Gasteiger partial charge in [-0.1, -0.05) is 43.7 Å². The molecule has 1 aromatic rings. The Morgan fingerprint density at radius 3 is 2.79 bits per heavy atom. The minimum atomic E-state index is 0.262. The molecule has 132 valence electrons. The van der Waals surface area contributed by atoms with E-state index in [9.17, 15) is 4.79 Å². The number of nitrogens with one attached hydrogen (secondary N) is 2. The number of benzene rings is 1. The van der Waals surface area contributed by atoms with Crippen LogP contribution in [0.4, 0.5) is 0 Å². The van der Waals surface area contributed by atoms with Crippen LogP contribution in [0.2, 0.25) is 0 Å². The Bertz CT molecular complexity index is 510. The lowest BCUT2D eigenvalue weighted by molar-refractivity contribution is -0.123. The predicted molar refractivity (Wildman–Crippen MR) is 98.8 cm³/mol. The summed E-state index contributed by atoms with van der Waals surface area (Å²) in [7, 11) is 0. The highest BCUT2D eigenvalue weighted by molar-refractivity contribution is 5.76. The van der Waals surface area contributed by atoms with E-state index in [0.29, 0.717) is 30.2 Å². The van der Waals surface area contributed by atoms with E-state index in [1.54, 1.807) is 0 Å². The zero-order valence-electron chi connectivity index (χ0n) is 15.0. The van der Waals surface area contributed by atoms with Crippen LogP contribution in [0.25, 0.3) is 0 Å². The smallest absolute Gasteiger partial charge is 0.220 e. The van der Waals surface area contributed by atoms with E-state index in [1.807, 2.05) is 0 Å². The van der Waals surface area contributed by atoms with Crippen molar-refractivity contribution < 1.29 is 4.79 Å². The topological polar surface area (TPSA) is 41.1 Å². The Morgan fingerprint density at radius 2 is 2.04 bits per heavy atom. The highest BCUT2D eigenvalue weighted by atomic mass is 16.1. The number of amides is 1. The molecule has 0 bridgehead atoms. The number of carbonyl (C=O) groups is 1. The van der Waals surface area contributed by atoms with Crippen LogP contribution in [0.15, 0.2) is 30.3 Å². The second kappa shape index (κ2) is 8.66. The third-order valence-corrected chi connectivity index (χ3v) is 5.99. The molecular formula is C21H32N2O. The summed E-state index contributed by atoms with van der Waals surface area (Å²) in [6.07, 6.45) is 7.91. The average molecular weight is 329 g/mol. The van der Waals surface area contributed by atoms with Gasteiger partial charge in [-0.2, -0.15) is 0 Å². The molecule has 0 spiro atoms. The summed E-state index contributed by atoms with van der Waals surface area (Å²) >= 11 is 0. The summed E-state index contributed by atoms with van der Waals surface area (Å²) in [5.41, 5.74) is 1.39. The Labute approximate surface area is 146 Å². The van der Waals surface area contributed by atoms with Crippen LogP contribution in [0.5, 0.6) is 0 Å². The first-order valence-electron chi connectivity index (χ1n) is 9.76. The fourth-order valence-corrected chi connectivity index (χ4v) is 4.48. The highest BCUT2D eigenvalue weighted by Gasteiger charge is 2.29. The normalized spacial score (nSPS) is 28.5. The second-order valence-corrected chi connectivity index (χ2v) is 7.84. The van der Waals surface area contributed by atoms with Crippen LogP contribution in [-0.2, 0) is 11.2 Å². The number of rotatable bonds is 6. The molecule has 1 amide bonds. The van der Waals surface area contributed by atoms with Crippen molar-refractivity contribution >= 4 is 5.91 Å². The third kappa shape index (κ3) is 4.83. The van der Waals surface area contributed by atoms with Crippen molar-refractivity contribution in [1.82, 2.24) is 10.6 Å². The van der Waals surface area contributed by atoms with Gasteiger partial charge in [0.05, 0.1) is 0 Å². The van der Waals surface area contributed by atoms with E-state index >= 15 is 0 Å². The fourth-order valence-electron chi connectivity index (χ4n) is 4.48. The molecule has 1 aliphatic heterocycles. The van der Waals surface area contributed by atoms with Crippen molar-refractivity contribution in [2.75, 3.05) is 13.1 Å². The summed E-state index contributed by atoms with van der Waals surface area (Å²) in [5, 5.41) is 6.82. The molecule has 0 aromatic heterocycles. The lowest BCUT2D eigenvalue weighted by Gasteiger charge is -2.29. The maximum absolute atomic E-state index is 12.5. The maximum Gasteiger partial charge on any atom is 0.220 e. The summed E-state index contributed by atoms with van der Waals surface area (Å²) in [5.74, 6) is 2.00. The third-order valence-electron chi connectivity index (χ3n) is 5.99. The van der Waals surface area contributed by atoms with Crippen molar-refractivity contribution in [1.29, 1.82) is 0 Å². The molecular weight excluding hydrogens is 296 g/mol. The summed E-state index contributed by atoms with van der Waals surface area (Å²) < 4.78 is 0. The molecule has 3 rings (SSSR count). The predicted octanol–water partition coefficient (Wildman–Crippen LogP) is 3.54. The Morgan fingerprint density at radius 1 is 1.21 bits per heavy atom. The molecule has 2 aliphatic rings. The Kier molecular flexibility index (Phi) is 6.30. The molecule has 4 atom stereocenters. The first-order valence-corrected chi connectivity index (χ1v) is 9.76. The van der Waals surface area contributed by atoms with E-state index in [2.05, 4.69) is 47.9 Å². The van der Waals surface area contributed by atoms with E-state index in [0.717, 1.165) is 25.9 Å². The van der Waals surface area contributed by atoms with Gasteiger partial charge >= 0.3 is 0 Å². The van der Waals surface area contributed by atoms with Gasteiger partial charge in [0.25, 0.3) is 0 Å². The van der Waals surface area contributed by atoms with Crippen LogP contribution < -0.4 is 10.6 Å². The maximum atomic E-state index is 12.5. The van der Waals surface area contributed by atoms with Crippen LogP contribution in [0.3, 0.4) is 0 Å². The minimum Gasteiger partial charge on any atom is -0.353 e. The van der Waals surface area contributed by atoms with Gasteiger partial charge in [-0.3, -0.25) is 4.79 Å². The average Bonchev–Trinajstić information content (AvgIpc) is 3.03. The van der Waals surface area contributed by atoms with E-state index in [-0.39, 0.29) is 5.91 Å². The Balaban J connectivity index is 1.47. The molecule has 2 N–H and O–H groups in total. The van der Waals surface area contributed by atoms with Crippen molar-refractivity contribution in [2.45, 2.75) is 57.9 Å². The van der Waals surface area contributed by atoms with Gasteiger partial charge in [0.1, 0.15) is 0 Å². The van der Waals surface area contributed by atoms with Gasteiger partial charge in [0.2, 0.25) is 5.91 Å². The zero-order valence-corrected chi connectivity index (χ0v) is 15.0. The molecule has 3 nitrogen and oxygen atoms in total. The second-order valence-electron chi connectivity index (χ2n) is 7.84. The molecule has 3 heteroatoms. The summed E-state index contributed by atoms with van der Waals surface area (Å²) in [6, 6.07) is 11.1. The summed E-state index contributed by atoms with van der Waals surface area (Å²) in [6.45, 7) is 4.46. The minimum absolute atomic E-state index is 0.262. The lowest BCUT2D eigenvalue weighted by Crippen LogP contribution is -2.40. The first kappa shape index (κ1) is 17.5. The van der Waals surface area contributed by atoms with E-state index < -0.39 is 0 Å². The summed E-state index contributed by atoms with van der Waals surface area (Å²) in [4.78, 5) is 12.5. The van der Waals surface area contributed by atoms with Crippen LogP contribution in [0.1, 0.15) is 51.0 Å². The van der Waals surface area contributed by atoms with Crippen molar-refractivity contribution in [3.8, 4) is 0 Å². The van der Waals surface area contributed by atoms with Gasteiger partial charge < -0.3 is 10.6 Å². The van der Waals surface area contributed by atoms with Crippen LogP contribution in [-0.4, -0.2) is 25.0 Å². The van der Waals surface area contributed by atoms with Gasteiger partial charge in [-0.25, -0.2) is 0 Å². The number of carbonyl (C=O) groups excluding carboxylic acids is 1. The van der Waals surface area contributed by atoms with Crippen molar-refractivity contribution in [3.63, 3.8) is 0 Å². The highest BCUT2D eigenvalue weighted by Crippen LogP contribution is 2.29. The number of hydrogen-bond acceptors (Lipinski definition) is 2. The first-order chi connectivity index (χ1) is 11.7. The lowest BCUT2D eigenvalue weighted by atomic mass is 9.85. The molecule has 4 unspecified atom stereocenters. The monoisotopic (exact) mass is 328 g/mol. The molecule has 24 heavy (non-hydrogen) atoms.